The van der Waals surface area contributed by atoms with Crippen LogP contribution < -0.4 is 5.56 Å². The van der Waals surface area contributed by atoms with Crippen LogP contribution in [0.15, 0.2) is 29.1 Å². The monoisotopic (exact) mass is 424 g/mol. The highest BCUT2D eigenvalue weighted by Gasteiger charge is 2.32. The summed E-state index contributed by atoms with van der Waals surface area (Å²) in [5.41, 5.74) is 2.56. The number of aliphatic hydroxyl groups excluding tert-OH is 1. The molecule has 1 fully saturated rings. The molecule has 8 nitrogen and oxygen atoms in total. The third-order valence-electron chi connectivity index (χ3n) is 6.32. The van der Waals surface area contributed by atoms with Crippen molar-refractivity contribution in [3.63, 3.8) is 0 Å². The molecule has 3 aromatic rings. The second-order valence-corrected chi connectivity index (χ2v) is 9.02. The van der Waals surface area contributed by atoms with Crippen LogP contribution in [0.1, 0.15) is 68.6 Å². The van der Waals surface area contributed by atoms with Crippen LogP contribution in [0, 0.1) is 12.8 Å². The van der Waals surface area contributed by atoms with Crippen molar-refractivity contribution >= 4 is 10.9 Å². The standard InChI is InChI=1S/C23H32N6O2/c1-15(2)21(22-25-26-27-29(22)19-6-4-5-7-19)28(10-11-30)14-18-13-17-12-16(3)8-9-20(17)24-23(18)31/h8-9,12-13,15,19,21,30H,4-7,10-11,14H2,1-3H3,(H,24,31)/t21-/m0/s1. The molecule has 0 aliphatic heterocycles. The highest BCUT2D eigenvalue weighted by atomic mass is 16.3. The Hall–Kier alpha value is -2.58. The fourth-order valence-electron chi connectivity index (χ4n) is 4.84. The van der Waals surface area contributed by atoms with Gasteiger partial charge >= 0.3 is 0 Å². The third kappa shape index (κ3) is 4.55. The normalized spacial score (nSPS) is 16.1. The van der Waals surface area contributed by atoms with Gasteiger partial charge in [0.25, 0.3) is 5.56 Å². The molecule has 0 radical (unpaired) electrons. The van der Waals surface area contributed by atoms with E-state index in [0.717, 1.165) is 35.1 Å². The molecule has 2 aromatic heterocycles. The summed E-state index contributed by atoms with van der Waals surface area (Å²) in [6.45, 7) is 7.16. The van der Waals surface area contributed by atoms with Crippen molar-refractivity contribution in [3.05, 3.63) is 51.6 Å². The number of nitrogens with one attached hydrogen (secondary N) is 1. The van der Waals surface area contributed by atoms with Crippen molar-refractivity contribution in [2.75, 3.05) is 13.2 Å². The Kier molecular flexibility index (Phi) is 6.48. The summed E-state index contributed by atoms with van der Waals surface area (Å²) in [6, 6.07) is 8.20. The number of benzene rings is 1. The van der Waals surface area contributed by atoms with E-state index < -0.39 is 0 Å². The Morgan fingerprint density at radius 2 is 2.03 bits per heavy atom. The summed E-state index contributed by atoms with van der Waals surface area (Å²) < 4.78 is 1.98. The topological polar surface area (TPSA) is 99.9 Å². The lowest BCUT2D eigenvalue weighted by molar-refractivity contribution is 0.104. The van der Waals surface area contributed by atoms with E-state index in [-0.39, 0.29) is 24.1 Å². The first-order chi connectivity index (χ1) is 15.0. The summed E-state index contributed by atoms with van der Waals surface area (Å²) in [7, 11) is 0. The highest BCUT2D eigenvalue weighted by Crippen LogP contribution is 2.34. The minimum Gasteiger partial charge on any atom is -0.395 e. The SMILES string of the molecule is Cc1ccc2[nH]c(=O)c(CN(CCO)[C@H](c3nnnn3C3CCCC3)C(C)C)cc2c1. The Labute approximate surface area is 182 Å². The van der Waals surface area contributed by atoms with E-state index in [1.165, 1.54) is 12.8 Å². The van der Waals surface area contributed by atoms with Crippen molar-refractivity contribution in [1.82, 2.24) is 30.1 Å². The summed E-state index contributed by atoms with van der Waals surface area (Å²) in [4.78, 5) is 18.0. The van der Waals surface area contributed by atoms with Crippen molar-refractivity contribution in [2.24, 2.45) is 5.92 Å². The van der Waals surface area contributed by atoms with E-state index in [9.17, 15) is 9.90 Å². The van der Waals surface area contributed by atoms with Gasteiger partial charge in [-0.1, -0.05) is 38.3 Å². The first-order valence-corrected chi connectivity index (χ1v) is 11.2. The lowest BCUT2D eigenvalue weighted by Crippen LogP contribution is -2.37. The lowest BCUT2D eigenvalue weighted by atomic mass is 10.00. The number of fused-ring (bicyclic) bond motifs is 1. The zero-order valence-electron chi connectivity index (χ0n) is 18.6. The molecule has 166 valence electrons. The van der Waals surface area contributed by atoms with E-state index >= 15 is 0 Å². The second kappa shape index (κ2) is 9.28. The smallest absolute Gasteiger partial charge is 0.252 e. The number of aliphatic hydroxyl groups is 1. The Balaban J connectivity index is 1.70. The van der Waals surface area contributed by atoms with Crippen molar-refractivity contribution in [2.45, 2.75) is 65.1 Å². The average molecular weight is 425 g/mol. The van der Waals surface area contributed by atoms with Crippen molar-refractivity contribution in [1.29, 1.82) is 0 Å². The first kappa shape index (κ1) is 21.6. The molecule has 2 heterocycles. The fourth-order valence-corrected chi connectivity index (χ4v) is 4.84. The summed E-state index contributed by atoms with van der Waals surface area (Å²) in [6.07, 6.45) is 4.57. The molecule has 8 heteroatoms. The molecule has 1 aliphatic rings. The molecule has 0 amide bonds. The minimum atomic E-state index is -0.102. The number of aryl methyl sites for hydroxylation is 1. The van der Waals surface area contributed by atoms with Gasteiger partial charge < -0.3 is 10.1 Å². The van der Waals surface area contributed by atoms with Gasteiger partial charge in [-0.15, -0.1) is 5.10 Å². The molecular formula is C23H32N6O2. The van der Waals surface area contributed by atoms with Gasteiger partial charge in [0, 0.05) is 24.2 Å². The maximum absolute atomic E-state index is 12.8. The fraction of sp³-hybridized carbons (Fsp3) is 0.565. The summed E-state index contributed by atoms with van der Waals surface area (Å²) in [5.74, 6) is 1.03. The number of tetrazole rings is 1. The third-order valence-corrected chi connectivity index (χ3v) is 6.32. The Bertz CT molecular complexity index is 1080. The van der Waals surface area contributed by atoms with Crippen LogP contribution >= 0.6 is 0 Å². The molecule has 31 heavy (non-hydrogen) atoms. The van der Waals surface area contributed by atoms with E-state index in [4.69, 9.17) is 0 Å². The minimum absolute atomic E-state index is 0.00118. The molecule has 1 saturated carbocycles. The summed E-state index contributed by atoms with van der Waals surface area (Å²) >= 11 is 0. The van der Waals surface area contributed by atoms with Crippen LogP contribution in [0.3, 0.4) is 0 Å². The van der Waals surface area contributed by atoms with Gasteiger partial charge in [-0.3, -0.25) is 9.69 Å². The van der Waals surface area contributed by atoms with E-state index in [0.29, 0.717) is 24.7 Å². The zero-order chi connectivity index (χ0) is 22.0. The van der Waals surface area contributed by atoms with Gasteiger partial charge in [-0.2, -0.15) is 0 Å². The predicted molar refractivity (Wildman–Crippen MR) is 120 cm³/mol. The molecule has 1 aromatic carbocycles. The highest BCUT2D eigenvalue weighted by molar-refractivity contribution is 5.79. The molecule has 1 aliphatic carbocycles. The van der Waals surface area contributed by atoms with Gasteiger partial charge in [-0.05, 0) is 59.7 Å². The molecule has 2 N–H and O–H groups in total. The van der Waals surface area contributed by atoms with Gasteiger partial charge in [0.1, 0.15) is 0 Å². The average Bonchev–Trinajstić information content (AvgIpc) is 3.40. The predicted octanol–water partition coefficient (Wildman–Crippen LogP) is 3.13. The van der Waals surface area contributed by atoms with Crippen molar-refractivity contribution in [3.8, 4) is 0 Å². The maximum atomic E-state index is 12.8. The lowest BCUT2D eigenvalue weighted by Gasteiger charge is -2.33. The maximum Gasteiger partial charge on any atom is 0.252 e. The number of aromatic amines is 1. The molecule has 1 atom stereocenters. The molecular weight excluding hydrogens is 392 g/mol. The van der Waals surface area contributed by atoms with Crippen LogP contribution in [0.5, 0.6) is 0 Å². The number of aromatic nitrogens is 5. The zero-order valence-corrected chi connectivity index (χ0v) is 18.6. The van der Waals surface area contributed by atoms with Crippen LogP contribution in [-0.4, -0.2) is 48.3 Å². The van der Waals surface area contributed by atoms with Gasteiger partial charge in [-0.25, -0.2) is 4.68 Å². The van der Waals surface area contributed by atoms with Gasteiger partial charge in [0.2, 0.25) is 0 Å². The number of rotatable bonds is 8. The number of hydrogen-bond acceptors (Lipinski definition) is 6. The Morgan fingerprint density at radius 1 is 1.26 bits per heavy atom. The largest absolute Gasteiger partial charge is 0.395 e. The molecule has 0 saturated heterocycles. The van der Waals surface area contributed by atoms with Crippen LogP contribution in [0.4, 0.5) is 0 Å². The van der Waals surface area contributed by atoms with Crippen LogP contribution in [0.2, 0.25) is 0 Å². The summed E-state index contributed by atoms with van der Waals surface area (Å²) in [5, 5.41) is 23.5. The molecule has 0 spiro atoms. The van der Waals surface area contributed by atoms with Gasteiger partial charge in [0.15, 0.2) is 5.82 Å². The number of nitrogens with zero attached hydrogens (tertiary/aromatic N) is 5. The van der Waals surface area contributed by atoms with E-state index in [2.05, 4.69) is 45.3 Å². The van der Waals surface area contributed by atoms with Crippen molar-refractivity contribution < 1.29 is 5.11 Å². The molecule has 4 rings (SSSR count). The number of pyridine rings is 1. The second-order valence-electron chi connectivity index (χ2n) is 9.02. The Morgan fingerprint density at radius 3 is 2.74 bits per heavy atom. The first-order valence-electron chi connectivity index (χ1n) is 11.2. The number of H-pyrrole nitrogens is 1. The molecule has 0 unspecified atom stereocenters. The number of hydrogen-bond donors (Lipinski definition) is 2. The van der Waals surface area contributed by atoms with Gasteiger partial charge in [0.05, 0.1) is 18.7 Å². The quantitative estimate of drug-likeness (QED) is 0.576. The van der Waals surface area contributed by atoms with E-state index in [1.54, 1.807) is 0 Å². The van der Waals surface area contributed by atoms with E-state index in [1.807, 2.05) is 29.8 Å². The molecule has 0 bridgehead atoms. The van der Waals surface area contributed by atoms with Crippen LogP contribution in [0.25, 0.3) is 10.9 Å². The van der Waals surface area contributed by atoms with Crippen LogP contribution in [-0.2, 0) is 6.54 Å².